The van der Waals surface area contributed by atoms with Crippen molar-refractivity contribution in [3.63, 3.8) is 0 Å². The second-order valence-electron chi connectivity index (χ2n) is 4.68. The predicted molar refractivity (Wildman–Crippen MR) is 85.2 cm³/mol. The third kappa shape index (κ3) is 3.25. The van der Waals surface area contributed by atoms with Gasteiger partial charge >= 0.3 is 0 Å². The van der Waals surface area contributed by atoms with Crippen LogP contribution in [0, 0.1) is 0 Å². The molecule has 0 fully saturated rings. The van der Waals surface area contributed by atoms with E-state index >= 15 is 0 Å². The normalized spacial score (nSPS) is 16.9. The second kappa shape index (κ2) is 6.46. The predicted octanol–water partition coefficient (Wildman–Crippen LogP) is 4.28. The molecule has 0 amide bonds. The first kappa shape index (κ1) is 13.7. The third-order valence-electron chi connectivity index (χ3n) is 3.16. The molecule has 0 bridgehead atoms. The van der Waals surface area contributed by atoms with E-state index in [4.69, 9.17) is 16.3 Å². The van der Waals surface area contributed by atoms with Gasteiger partial charge in [0.25, 0.3) is 0 Å². The van der Waals surface area contributed by atoms with Gasteiger partial charge in [-0.05, 0) is 24.6 Å². The number of anilines is 1. The Balaban J connectivity index is 1.39. The fourth-order valence-electron chi connectivity index (χ4n) is 2.15. The molecule has 1 unspecified atom stereocenters. The summed E-state index contributed by atoms with van der Waals surface area (Å²) in [4.78, 5) is 4.62. The van der Waals surface area contributed by atoms with Gasteiger partial charge in [0.05, 0.1) is 12.0 Å². The molecule has 1 aliphatic rings. The number of H-pyrrole nitrogens is 1. The minimum absolute atomic E-state index is 0.118. The van der Waals surface area contributed by atoms with E-state index in [0.717, 1.165) is 36.0 Å². The van der Waals surface area contributed by atoms with Crippen LogP contribution in [0.15, 0.2) is 41.3 Å². The van der Waals surface area contributed by atoms with Gasteiger partial charge in [-0.15, -0.1) is 23.4 Å². The molecule has 1 aromatic heterocycles. The van der Waals surface area contributed by atoms with Gasteiger partial charge in [0.15, 0.2) is 0 Å². The van der Waals surface area contributed by atoms with Gasteiger partial charge in [0.2, 0.25) is 0 Å². The lowest BCUT2D eigenvalue weighted by Gasteiger charge is -2.07. The number of benzene rings is 1. The van der Waals surface area contributed by atoms with Gasteiger partial charge in [-0.1, -0.05) is 18.2 Å². The summed E-state index contributed by atoms with van der Waals surface area (Å²) in [5.74, 6) is 2.94. The van der Waals surface area contributed by atoms with Crippen LogP contribution in [0.2, 0.25) is 0 Å². The van der Waals surface area contributed by atoms with Crippen LogP contribution in [-0.2, 0) is 0 Å². The van der Waals surface area contributed by atoms with Gasteiger partial charge < -0.3 is 15.0 Å². The molecule has 3 nitrogen and oxygen atoms in total. The zero-order valence-electron chi connectivity index (χ0n) is 11.1. The molecule has 2 aromatic rings. The van der Waals surface area contributed by atoms with E-state index in [0.29, 0.717) is 6.61 Å². The minimum Gasteiger partial charge on any atom is -0.494 e. The summed E-state index contributed by atoms with van der Waals surface area (Å²) in [5.41, 5.74) is 1.15. The van der Waals surface area contributed by atoms with Crippen LogP contribution in [0.4, 0.5) is 5.82 Å². The van der Waals surface area contributed by atoms with Crippen molar-refractivity contribution in [2.75, 3.05) is 24.2 Å². The van der Waals surface area contributed by atoms with Crippen molar-refractivity contribution in [2.45, 2.75) is 16.7 Å². The van der Waals surface area contributed by atoms with E-state index < -0.39 is 0 Å². The van der Waals surface area contributed by atoms with E-state index in [-0.39, 0.29) is 5.38 Å². The molecule has 1 aromatic carbocycles. The molecule has 0 saturated carbocycles. The number of hydrogen-bond acceptors (Lipinski definition) is 3. The van der Waals surface area contributed by atoms with Crippen molar-refractivity contribution >= 4 is 29.2 Å². The minimum atomic E-state index is 0.118. The number of ether oxygens (including phenoxy) is 1. The van der Waals surface area contributed by atoms with Crippen molar-refractivity contribution in [2.24, 2.45) is 0 Å². The Bertz CT molecular complexity index is 558. The maximum Gasteiger partial charge on any atom is 0.119 e. The second-order valence-corrected chi connectivity index (χ2v) is 6.27. The molecule has 0 saturated heterocycles. The Labute approximate surface area is 128 Å². The Morgan fingerprint density at radius 1 is 1.35 bits per heavy atom. The number of aromatic amines is 1. The van der Waals surface area contributed by atoms with Crippen molar-refractivity contribution in [1.82, 2.24) is 4.98 Å². The van der Waals surface area contributed by atoms with Gasteiger partial charge in [-0.25, -0.2) is 0 Å². The van der Waals surface area contributed by atoms with Crippen LogP contribution in [0.25, 0.3) is 0 Å². The maximum absolute atomic E-state index is 6.21. The molecule has 0 radical (unpaired) electrons. The number of thioether (sulfide) groups is 1. The van der Waals surface area contributed by atoms with Crippen molar-refractivity contribution < 1.29 is 4.74 Å². The molecule has 106 valence electrons. The molecule has 0 spiro atoms. The fraction of sp³-hybridized carbons (Fsp3) is 0.333. The molecule has 0 aliphatic carbocycles. The standard InChI is InChI=1S/C15H17ClN2OS/c16-12-10-20-13-9-14(18-15(12)13)17-7-4-8-19-11-5-2-1-3-6-11/h1-3,5-6,9,12,17-18H,4,7-8,10H2. The van der Waals surface area contributed by atoms with Gasteiger partial charge in [-0.2, -0.15) is 0 Å². The quantitative estimate of drug-likeness (QED) is 0.618. The zero-order valence-corrected chi connectivity index (χ0v) is 12.6. The maximum atomic E-state index is 6.21. The topological polar surface area (TPSA) is 37.0 Å². The summed E-state index contributed by atoms with van der Waals surface area (Å²) in [7, 11) is 0. The third-order valence-corrected chi connectivity index (χ3v) is 4.86. The largest absolute Gasteiger partial charge is 0.494 e. The highest BCUT2D eigenvalue weighted by Gasteiger charge is 2.23. The van der Waals surface area contributed by atoms with Gasteiger partial charge in [-0.3, -0.25) is 0 Å². The highest BCUT2D eigenvalue weighted by Crippen LogP contribution is 2.42. The van der Waals surface area contributed by atoms with Crippen LogP contribution in [0.1, 0.15) is 17.5 Å². The first-order chi connectivity index (χ1) is 9.83. The van der Waals surface area contributed by atoms with Crippen LogP contribution in [0.5, 0.6) is 5.75 Å². The number of halogens is 1. The Hall–Kier alpha value is -1.26. The van der Waals surface area contributed by atoms with Crippen molar-refractivity contribution in [1.29, 1.82) is 0 Å². The van der Waals surface area contributed by atoms with Gasteiger partial charge in [0, 0.05) is 22.9 Å². The highest BCUT2D eigenvalue weighted by molar-refractivity contribution is 7.99. The fourth-order valence-corrected chi connectivity index (χ4v) is 3.62. The van der Waals surface area contributed by atoms with Crippen molar-refractivity contribution in [3.8, 4) is 5.75 Å². The number of para-hydroxylation sites is 1. The Kier molecular flexibility index (Phi) is 4.43. The Morgan fingerprint density at radius 3 is 3.00 bits per heavy atom. The van der Waals surface area contributed by atoms with E-state index in [1.165, 1.54) is 4.90 Å². The molecule has 2 N–H and O–H groups in total. The lowest BCUT2D eigenvalue weighted by Crippen LogP contribution is -2.07. The number of hydrogen-bond donors (Lipinski definition) is 2. The molecule has 20 heavy (non-hydrogen) atoms. The van der Waals surface area contributed by atoms with Gasteiger partial charge in [0.1, 0.15) is 11.6 Å². The van der Waals surface area contributed by atoms with E-state index in [2.05, 4.69) is 16.4 Å². The summed E-state index contributed by atoms with van der Waals surface area (Å²) in [6.07, 6.45) is 0.954. The number of fused-ring (bicyclic) bond motifs is 1. The summed E-state index contributed by atoms with van der Waals surface area (Å²) >= 11 is 8.02. The molecular formula is C15H17ClN2OS. The lowest BCUT2D eigenvalue weighted by molar-refractivity contribution is 0.315. The van der Waals surface area contributed by atoms with E-state index in [9.17, 15) is 0 Å². The van der Waals surface area contributed by atoms with Crippen LogP contribution in [-0.4, -0.2) is 23.9 Å². The number of nitrogens with one attached hydrogen (secondary N) is 2. The van der Waals surface area contributed by atoms with Crippen LogP contribution >= 0.6 is 23.4 Å². The smallest absolute Gasteiger partial charge is 0.119 e. The SMILES string of the molecule is ClC1CSc2cc(NCCCOc3ccccc3)[nH]c21. The first-order valence-electron chi connectivity index (χ1n) is 6.74. The highest BCUT2D eigenvalue weighted by atomic mass is 35.5. The molecule has 2 heterocycles. The van der Waals surface area contributed by atoms with Crippen LogP contribution in [0.3, 0.4) is 0 Å². The first-order valence-corrected chi connectivity index (χ1v) is 8.16. The van der Waals surface area contributed by atoms with Crippen molar-refractivity contribution in [3.05, 3.63) is 42.1 Å². The molecular weight excluding hydrogens is 292 g/mol. The number of alkyl halides is 1. The van der Waals surface area contributed by atoms with E-state index in [1.54, 1.807) is 0 Å². The molecule has 5 heteroatoms. The zero-order chi connectivity index (χ0) is 13.8. The van der Waals surface area contributed by atoms with Crippen LogP contribution < -0.4 is 10.1 Å². The number of rotatable bonds is 6. The molecule has 1 atom stereocenters. The monoisotopic (exact) mass is 308 g/mol. The average Bonchev–Trinajstić information content (AvgIpc) is 3.02. The number of aromatic nitrogens is 1. The summed E-state index contributed by atoms with van der Waals surface area (Å²) in [6, 6.07) is 12.0. The van der Waals surface area contributed by atoms with E-state index in [1.807, 2.05) is 42.1 Å². The summed E-state index contributed by atoms with van der Waals surface area (Å²) in [6.45, 7) is 1.59. The molecule has 1 aliphatic heterocycles. The molecule has 3 rings (SSSR count). The lowest BCUT2D eigenvalue weighted by atomic mass is 10.3. The summed E-state index contributed by atoms with van der Waals surface area (Å²) < 4.78 is 5.65. The average molecular weight is 309 g/mol. The Morgan fingerprint density at radius 2 is 2.20 bits per heavy atom. The summed E-state index contributed by atoms with van der Waals surface area (Å²) in [5, 5.41) is 3.49.